The van der Waals surface area contributed by atoms with E-state index in [2.05, 4.69) is 22.6 Å². The number of rotatable bonds is 5. The number of halogens is 1. The lowest BCUT2D eigenvalue weighted by molar-refractivity contribution is -0.134. The molecule has 1 amide bonds. The Bertz CT molecular complexity index is 685. The molecule has 1 saturated heterocycles. The second-order valence-corrected chi connectivity index (χ2v) is 7.01. The van der Waals surface area contributed by atoms with Crippen molar-refractivity contribution in [2.24, 2.45) is 0 Å². The van der Waals surface area contributed by atoms with Gasteiger partial charge in [0.25, 0.3) is 5.91 Å². The molecule has 0 saturated carbocycles. The molecule has 1 aliphatic heterocycles. The lowest BCUT2D eigenvalue weighted by Crippen LogP contribution is -2.34. The number of benzene rings is 2. The molecule has 1 atom stereocenters. The number of hydrogen-bond donors (Lipinski definition) is 0. The van der Waals surface area contributed by atoms with Crippen LogP contribution in [0, 0.1) is 3.57 Å². The van der Waals surface area contributed by atoms with Gasteiger partial charge in [-0.2, -0.15) is 0 Å². The molecule has 0 spiro atoms. The van der Waals surface area contributed by atoms with Gasteiger partial charge in [0.15, 0.2) is 6.61 Å². The maximum absolute atomic E-state index is 12.6. The second-order valence-electron chi connectivity index (χ2n) is 5.76. The first-order chi connectivity index (χ1) is 11.7. The maximum Gasteiger partial charge on any atom is 0.261 e. The monoisotopic (exact) mass is 437 g/mol. The highest BCUT2D eigenvalue weighted by molar-refractivity contribution is 14.1. The number of hydrogen-bond acceptors (Lipinski definition) is 3. The summed E-state index contributed by atoms with van der Waals surface area (Å²) in [5.41, 5.74) is 1.15. The fourth-order valence-electron chi connectivity index (χ4n) is 3.00. The van der Waals surface area contributed by atoms with Crippen LogP contribution in [0.25, 0.3) is 0 Å². The van der Waals surface area contributed by atoms with Crippen molar-refractivity contribution in [2.45, 2.75) is 18.9 Å². The molecular weight excluding hydrogens is 417 g/mol. The van der Waals surface area contributed by atoms with Crippen LogP contribution in [-0.2, 0) is 4.79 Å². The lowest BCUT2D eigenvalue weighted by atomic mass is 10.0. The van der Waals surface area contributed by atoms with Gasteiger partial charge in [0, 0.05) is 10.1 Å². The Labute approximate surface area is 155 Å². The van der Waals surface area contributed by atoms with Crippen molar-refractivity contribution < 1.29 is 14.3 Å². The SMILES string of the molecule is COc1ccc(C2CCCN2C(=O)COc2ccc(I)cc2)cc1. The molecule has 0 aliphatic carbocycles. The number of carbonyl (C=O) groups excluding carboxylic acids is 1. The maximum atomic E-state index is 12.6. The highest BCUT2D eigenvalue weighted by atomic mass is 127. The normalized spacial score (nSPS) is 16.9. The van der Waals surface area contributed by atoms with Gasteiger partial charge in [-0.25, -0.2) is 0 Å². The van der Waals surface area contributed by atoms with Gasteiger partial charge in [-0.15, -0.1) is 0 Å². The highest BCUT2D eigenvalue weighted by Crippen LogP contribution is 2.32. The van der Waals surface area contributed by atoms with Crippen molar-refractivity contribution in [3.63, 3.8) is 0 Å². The summed E-state index contributed by atoms with van der Waals surface area (Å²) in [4.78, 5) is 14.5. The van der Waals surface area contributed by atoms with Gasteiger partial charge in [-0.1, -0.05) is 12.1 Å². The molecular formula is C19H20INO3. The van der Waals surface area contributed by atoms with E-state index < -0.39 is 0 Å². The average Bonchev–Trinajstić information content (AvgIpc) is 3.11. The molecule has 1 unspecified atom stereocenters. The van der Waals surface area contributed by atoms with Gasteiger partial charge in [0.2, 0.25) is 0 Å². The van der Waals surface area contributed by atoms with Crippen LogP contribution in [0.5, 0.6) is 11.5 Å². The Morgan fingerprint density at radius 1 is 1.12 bits per heavy atom. The van der Waals surface area contributed by atoms with E-state index in [9.17, 15) is 4.79 Å². The van der Waals surface area contributed by atoms with E-state index >= 15 is 0 Å². The molecule has 1 aliphatic rings. The molecule has 1 fully saturated rings. The van der Waals surface area contributed by atoms with E-state index in [4.69, 9.17) is 9.47 Å². The number of amides is 1. The smallest absolute Gasteiger partial charge is 0.261 e. The van der Waals surface area contributed by atoms with Crippen LogP contribution in [0.2, 0.25) is 0 Å². The van der Waals surface area contributed by atoms with Crippen LogP contribution in [0.3, 0.4) is 0 Å². The van der Waals surface area contributed by atoms with Crippen molar-refractivity contribution in [1.29, 1.82) is 0 Å². The third kappa shape index (κ3) is 4.01. The van der Waals surface area contributed by atoms with Crippen LogP contribution in [0.15, 0.2) is 48.5 Å². The Hall–Kier alpha value is -1.76. The molecule has 2 aromatic rings. The van der Waals surface area contributed by atoms with Gasteiger partial charge in [-0.3, -0.25) is 4.79 Å². The Balaban J connectivity index is 1.63. The van der Waals surface area contributed by atoms with E-state index in [1.54, 1.807) is 7.11 Å². The van der Waals surface area contributed by atoms with Crippen molar-refractivity contribution in [1.82, 2.24) is 4.90 Å². The minimum absolute atomic E-state index is 0.0341. The van der Waals surface area contributed by atoms with Crippen LogP contribution in [0.4, 0.5) is 0 Å². The zero-order valence-electron chi connectivity index (χ0n) is 13.6. The molecule has 0 aromatic heterocycles. The minimum atomic E-state index is 0.0341. The van der Waals surface area contributed by atoms with Crippen molar-refractivity contribution >= 4 is 28.5 Å². The van der Waals surface area contributed by atoms with E-state index in [1.165, 1.54) is 0 Å². The zero-order valence-corrected chi connectivity index (χ0v) is 15.7. The van der Waals surface area contributed by atoms with Gasteiger partial charge in [0.1, 0.15) is 11.5 Å². The molecule has 0 N–H and O–H groups in total. The molecule has 24 heavy (non-hydrogen) atoms. The molecule has 126 valence electrons. The molecule has 0 bridgehead atoms. The summed E-state index contributed by atoms with van der Waals surface area (Å²) in [6, 6.07) is 15.8. The summed E-state index contributed by atoms with van der Waals surface area (Å²) in [6.45, 7) is 0.860. The molecule has 2 aromatic carbocycles. The third-order valence-corrected chi connectivity index (χ3v) is 4.97. The van der Waals surface area contributed by atoms with Crippen molar-refractivity contribution in [2.75, 3.05) is 20.3 Å². The van der Waals surface area contributed by atoms with Crippen LogP contribution < -0.4 is 9.47 Å². The summed E-state index contributed by atoms with van der Waals surface area (Å²) in [5, 5.41) is 0. The average molecular weight is 437 g/mol. The number of nitrogens with zero attached hydrogens (tertiary/aromatic N) is 1. The van der Waals surface area contributed by atoms with Gasteiger partial charge >= 0.3 is 0 Å². The van der Waals surface area contributed by atoms with E-state index in [0.29, 0.717) is 0 Å². The molecule has 1 heterocycles. The third-order valence-electron chi connectivity index (χ3n) is 4.25. The molecule has 3 rings (SSSR count). The number of methoxy groups -OCH3 is 1. The summed E-state index contributed by atoms with van der Waals surface area (Å²) in [5.74, 6) is 1.59. The number of carbonyl (C=O) groups is 1. The van der Waals surface area contributed by atoms with Crippen LogP contribution in [-0.4, -0.2) is 31.1 Å². The predicted molar refractivity (Wildman–Crippen MR) is 101 cm³/mol. The van der Waals surface area contributed by atoms with Crippen LogP contribution in [0.1, 0.15) is 24.4 Å². The highest BCUT2D eigenvalue weighted by Gasteiger charge is 2.30. The zero-order chi connectivity index (χ0) is 16.9. The summed E-state index contributed by atoms with van der Waals surface area (Å²) in [7, 11) is 1.66. The Kier molecular flexibility index (Phi) is 5.60. The van der Waals surface area contributed by atoms with Gasteiger partial charge < -0.3 is 14.4 Å². The largest absolute Gasteiger partial charge is 0.497 e. The van der Waals surface area contributed by atoms with Gasteiger partial charge in [-0.05, 0) is 77.4 Å². The standard InChI is InChI=1S/C19H20INO3/c1-23-16-8-4-14(5-9-16)18-3-2-12-21(18)19(22)13-24-17-10-6-15(20)7-11-17/h4-11,18H,2-3,12-13H2,1H3. The minimum Gasteiger partial charge on any atom is -0.497 e. The first-order valence-corrected chi connectivity index (χ1v) is 9.07. The Morgan fingerprint density at radius 2 is 1.79 bits per heavy atom. The quantitative estimate of drug-likeness (QED) is 0.663. The van der Waals surface area contributed by atoms with Crippen molar-refractivity contribution in [3.8, 4) is 11.5 Å². The van der Waals surface area contributed by atoms with Gasteiger partial charge in [0.05, 0.1) is 13.2 Å². The topological polar surface area (TPSA) is 38.8 Å². The number of ether oxygens (including phenoxy) is 2. The summed E-state index contributed by atoms with van der Waals surface area (Å²) >= 11 is 2.24. The lowest BCUT2D eigenvalue weighted by Gasteiger charge is -2.25. The predicted octanol–water partition coefficient (Wildman–Crippen LogP) is 4.04. The number of likely N-dealkylation sites (tertiary alicyclic amines) is 1. The van der Waals surface area contributed by atoms with Crippen LogP contribution >= 0.6 is 22.6 Å². The fraction of sp³-hybridized carbons (Fsp3) is 0.316. The van der Waals surface area contributed by atoms with E-state index in [0.717, 1.165) is 40.0 Å². The van der Waals surface area contributed by atoms with Crippen molar-refractivity contribution in [3.05, 3.63) is 57.7 Å². The van der Waals surface area contributed by atoms with E-state index in [1.807, 2.05) is 53.4 Å². The second kappa shape index (κ2) is 7.88. The first kappa shape index (κ1) is 17.1. The Morgan fingerprint density at radius 3 is 2.46 bits per heavy atom. The molecule has 5 heteroatoms. The van der Waals surface area contributed by atoms with E-state index in [-0.39, 0.29) is 18.6 Å². The fourth-order valence-corrected chi connectivity index (χ4v) is 3.36. The first-order valence-electron chi connectivity index (χ1n) is 7.99. The molecule has 4 nitrogen and oxygen atoms in total. The summed E-state index contributed by atoms with van der Waals surface area (Å²) < 4.78 is 12.0. The summed E-state index contributed by atoms with van der Waals surface area (Å²) in [6.07, 6.45) is 2.01. The molecule has 0 radical (unpaired) electrons.